The van der Waals surface area contributed by atoms with Crippen LogP contribution in [0.25, 0.3) is 0 Å². The van der Waals surface area contributed by atoms with E-state index in [0.717, 1.165) is 25.9 Å². The van der Waals surface area contributed by atoms with E-state index in [1.165, 1.54) is 6.42 Å². The van der Waals surface area contributed by atoms with E-state index in [1.54, 1.807) is 0 Å². The van der Waals surface area contributed by atoms with E-state index in [1.807, 2.05) is 7.05 Å². The molecule has 0 saturated carbocycles. The van der Waals surface area contributed by atoms with Crippen LogP contribution < -0.4 is 5.11 Å². The first-order valence-corrected chi connectivity index (χ1v) is 4.16. The number of hydrogen-bond acceptors (Lipinski definition) is 2. The topological polar surface area (TPSA) is 40.1 Å². The number of quaternary nitrogens is 1. The van der Waals surface area contributed by atoms with E-state index in [9.17, 15) is 9.90 Å². The van der Waals surface area contributed by atoms with E-state index in [4.69, 9.17) is 0 Å². The van der Waals surface area contributed by atoms with Crippen LogP contribution >= 0.6 is 0 Å². The Morgan fingerprint density at radius 2 is 1.91 bits per heavy atom. The second-order valence-electron chi connectivity index (χ2n) is 3.66. The molecule has 11 heavy (non-hydrogen) atoms. The molecule has 3 nitrogen and oxygen atoms in total. The quantitative estimate of drug-likeness (QED) is 0.500. The van der Waals surface area contributed by atoms with Crippen LogP contribution in [0.3, 0.4) is 0 Å². The Morgan fingerprint density at radius 1 is 1.36 bits per heavy atom. The number of carboxylic acids is 1. The van der Waals surface area contributed by atoms with Crippen molar-refractivity contribution in [1.82, 2.24) is 0 Å². The summed E-state index contributed by atoms with van der Waals surface area (Å²) in [6, 6.07) is 0. The van der Waals surface area contributed by atoms with Gasteiger partial charge in [-0.05, 0) is 19.3 Å². The summed E-state index contributed by atoms with van der Waals surface area (Å²) >= 11 is 0. The van der Waals surface area contributed by atoms with Gasteiger partial charge in [-0.25, -0.2) is 0 Å². The van der Waals surface area contributed by atoms with E-state index in [-0.39, 0.29) is 6.54 Å². The molecule has 0 atom stereocenters. The van der Waals surface area contributed by atoms with Crippen molar-refractivity contribution < 1.29 is 14.4 Å². The van der Waals surface area contributed by atoms with Crippen LogP contribution in [0.4, 0.5) is 0 Å². The molecule has 0 aliphatic carbocycles. The fourth-order valence-electron chi connectivity index (χ4n) is 1.75. The summed E-state index contributed by atoms with van der Waals surface area (Å²) in [5, 5.41) is 10.3. The average molecular weight is 157 g/mol. The SMILES string of the molecule is C[N+]1(CC(=O)[O-])CCCCC1. The molecule has 0 unspecified atom stereocenters. The number of carbonyl (C=O) groups excluding carboxylic acids is 1. The van der Waals surface area contributed by atoms with E-state index >= 15 is 0 Å². The van der Waals surface area contributed by atoms with Crippen molar-refractivity contribution in [3.63, 3.8) is 0 Å². The largest absolute Gasteiger partial charge is 0.544 e. The molecule has 0 aromatic rings. The molecule has 0 bridgehead atoms. The highest BCUT2D eigenvalue weighted by Gasteiger charge is 2.24. The minimum atomic E-state index is -0.922. The maximum Gasteiger partial charge on any atom is 0.119 e. The monoisotopic (exact) mass is 157 g/mol. The molecule has 3 heteroatoms. The third kappa shape index (κ3) is 2.50. The number of carbonyl (C=O) groups is 1. The molecule has 0 amide bonds. The lowest BCUT2D eigenvalue weighted by Crippen LogP contribution is -2.53. The van der Waals surface area contributed by atoms with Crippen molar-refractivity contribution in [1.29, 1.82) is 0 Å². The van der Waals surface area contributed by atoms with Gasteiger partial charge in [0.25, 0.3) is 0 Å². The first kappa shape index (κ1) is 8.53. The summed E-state index contributed by atoms with van der Waals surface area (Å²) in [7, 11) is 2.00. The second-order valence-corrected chi connectivity index (χ2v) is 3.66. The Hall–Kier alpha value is -0.570. The zero-order chi connectivity index (χ0) is 8.32. The Balaban J connectivity index is 2.43. The standard InChI is InChI=1S/C8H15NO2/c1-9(7-8(10)11)5-3-2-4-6-9/h2-7H2,1H3. The minimum Gasteiger partial charge on any atom is -0.544 e. The first-order valence-electron chi connectivity index (χ1n) is 4.16. The summed E-state index contributed by atoms with van der Waals surface area (Å²) in [4.78, 5) is 10.3. The lowest BCUT2D eigenvalue weighted by molar-refractivity contribution is -0.908. The number of aliphatic carboxylic acids is 1. The van der Waals surface area contributed by atoms with Gasteiger partial charge in [0.1, 0.15) is 6.54 Å². The molecule has 0 spiro atoms. The molecule has 1 heterocycles. The van der Waals surface area contributed by atoms with Crippen molar-refractivity contribution in [2.45, 2.75) is 19.3 Å². The Bertz CT molecular complexity index is 150. The molecule has 1 saturated heterocycles. The van der Waals surface area contributed by atoms with Gasteiger partial charge < -0.3 is 14.4 Å². The van der Waals surface area contributed by atoms with Crippen molar-refractivity contribution in [3.05, 3.63) is 0 Å². The zero-order valence-corrected chi connectivity index (χ0v) is 7.01. The number of hydrogen-bond donors (Lipinski definition) is 0. The van der Waals surface area contributed by atoms with Crippen molar-refractivity contribution >= 4 is 5.97 Å². The Labute approximate surface area is 67.2 Å². The highest BCUT2D eigenvalue weighted by atomic mass is 16.4. The molecule has 1 rings (SSSR count). The van der Waals surface area contributed by atoms with E-state index in [2.05, 4.69) is 0 Å². The maximum absolute atomic E-state index is 10.3. The van der Waals surface area contributed by atoms with E-state index < -0.39 is 5.97 Å². The van der Waals surface area contributed by atoms with Gasteiger partial charge in [0.2, 0.25) is 0 Å². The minimum absolute atomic E-state index is 0.181. The molecule has 0 aromatic carbocycles. The Kier molecular flexibility index (Phi) is 2.49. The Morgan fingerprint density at radius 3 is 2.36 bits per heavy atom. The molecular formula is C8H15NO2. The summed E-state index contributed by atoms with van der Waals surface area (Å²) in [5.74, 6) is -0.922. The molecule has 0 radical (unpaired) electrons. The van der Waals surface area contributed by atoms with Crippen molar-refractivity contribution in [2.24, 2.45) is 0 Å². The predicted octanol–water partition coefficient (Wildman–Crippen LogP) is -0.633. The zero-order valence-electron chi connectivity index (χ0n) is 7.01. The molecular weight excluding hydrogens is 142 g/mol. The van der Waals surface area contributed by atoms with Crippen LogP contribution in [0.5, 0.6) is 0 Å². The van der Waals surface area contributed by atoms with Gasteiger partial charge in [0.15, 0.2) is 0 Å². The smallest absolute Gasteiger partial charge is 0.119 e. The summed E-state index contributed by atoms with van der Waals surface area (Å²) in [6.07, 6.45) is 3.56. The van der Waals surface area contributed by atoms with Crippen molar-refractivity contribution in [3.8, 4) is 0 Å². The number of nitrogens with zero attached hydrogens (tertiary/aromatic N) is 1. The normalized spacial score (nSPS) is 23.0. The lowest BCUT2D eigenvalue weighted by atomic mass is 10.1. The van der Waals surface area contributed by atoms with Gasteiger partial charge in [-0.3, -0.25) is 0 Å². The van der Waals surface area contributed by atoms with Gasteiger partial charge in [-0.15, -0.1) is 0 Å². The highest BCUT2D eigenvalue weighted by molar-refractivity contribution is 5.65. The average Bonchev–Trinajstić information content (AvgIpc) is 1.85. The number of piperidine rings is 1. The summed E-state index contributed by atoms with van der Waals surface area (Å²) in [6.45, 7) is 2.17. The predicted molar refractivity (Wildman–Crippen MR) is 39.6 cm³/mol. The fourth-order valence-corrected chi connectivity index (χ4v) is 1.75. The molecule has 64 valence electrons. The van der Waals surface area contributed by atoms with E-state index in [0.29, 0.717) is 4.48 Å². The highest BCUT2D eigenvalue weighted by Crippen LogP contribution is 2.14. The van der Waals surface area contributed by atoms with Gasteiger partial charge in [0.05, 0.1) is 26.1 Å². The fraction of sp³-hybridized carbons (Fsp3) is 0.875. The number of rotatable bonds is 2. The second kappa shape index (κ2) is 3.22. The first-order chi connectivity index (χ1) is 5.12. The van der Waals surface area contributed by atoms with Crippen molar-refractivity contribution in [2.75, 3.05) is 26.7 Å². The molecule has 0 aromatic heterocycles. The van der Waals surface area contributed by atoms with Crippen LogP contribution in [0.2, 0.25) is 0 Å². The third-order valence-corrected chi connectivity index (χ3v) is 2.41. The molecule has 1 aliphatic rings. The van der Waals surface area contributed by atoms with Crippen LogP contribution in [0.1, 0.15) is 19.3 Å². The number of carboxylic acid groups (broad SMARTS) is 1. The summed E-state index contributed by atoms with van der Waals surface area (Å²) < 4.78 is 0.669. The van der Waals surface area contributed by atoms with Crippen LogP contribution in [-0.2, 0) is 4.79 Å². The molecule has 1 fully saturated rings. The molecule has 0 N–H and O–H groups in total. The van der Waals surface area contributed by atoms with Gasteiger partial charge in [0, 0.05) is 0 Å². The number of likely N-dealkylation sites (tertiary alicyclic amines) is 1. The van der Waals surface area contributed by atoms with Crippen LogP contribution in [0, 0.1) is 0 Å². The third-order valence-electron chi connectivity index (χ3n) is 2.41. The maximum atomic E-state index is 10.3. The van der Waals surface area contributed by atoms with Crippen LogP contribution in [-0.4, -0.2) is 37.1 Å². The lowest BCUT2D eigenvalue weighted by Gasteiger charge is -2.37. The van der Waals surface area contributed by atoms with Gasteiger partial charge >= 0.3 is 0 Å². The van der Waals surface area contributed by atoms with Gasteiger partial charge in [-0.2, -0.15) is 0 Å². The molecule has 1 aliphatic heterocycles. The van der Waals surface area contributed by atoms with Gasteiger partial charge in [-0.1, -0.05) is 0 Å². The summed E-state index contributed by atoms with van der Waals surface area (Å²) in [5.41, 5.74) is 0. The number of likely N-dealkylation sites (N-methyl/N-ethyl adjacent to an activating group) is 1. The van der Waals surface area contributed by atoms with Crippen LogP contribution in [0.15, 0.2) is 0 Å².